The van der Waals surface area contributed by atoms with Crippen molar-refractivity contribution in [2.24, 2.45) is 52.3 Å². The lowest BCUT2D eigenvalue weighted by Crippen LogP contribution is -2.65. The van der Waals surface area contributed by atoms with Crippen molar-refractivity contribution in [3.8, 4) is 0 Å². The van der Waals surface area contributed by atoms with Gasteiger partial charge in [-0.3, -0.25) is 9.59 Å². The maximum Gasteiger partial charge on any atom is 0.303 e. The fraction of sp³-hybridized carbons (Fsp3) is 0.943. The van der Waals surface area contributed by atoms with Crippen LogP contribution in [0.4, 0.5) is 0 Å². The van der Waals surface area contributed by atoms with E-state index < -0.39 is 25.6 Å². The number of Topliss-reactive ketones (excluding diaryl/α,β-unsaturated/α-hetero) is 1. The molecule has 7 heteroatoms. The highest BCUT2D eigenvalue weighted by atomic mass is 28.4. The number of ether oxygens (including phenoxy) is 3. The molecule has 0 amide bonds. The van der Waals surface area contributed by atoms with E-state index in [0.717, 1.165) is 58.0 Å². The SMILES string of the molecule is CC(=O)O[C@@H]1C(=O)[C@H]2[C@@H](CC[C@H]3C[C@@H](O[Si](C)(C)C(C)(C)C)CC[C@@]32C)[C@@H]2C[C@@H]3O[C@]4(CC[C@@H](C)CO4)[C@@H](C)[C@@H]3[C@@]12C. The molecule has 0 bridgehead atoms. The zero-order chi connectivity index (χ0) is 30.6. The second-order valence-electron chi connectivity index (χ2n) is 17.5. The number of carbonyl (C=O) groups is 2. The summed E-state index contributed by atoms with van der Waals surface area (Å²) < 4.78 is 26.5. The number of carbonyl (C=O) groups excluding carboxylic acids is 2. The first-order chi connectivity index (χ1) is 19.4. The van der Waals surface area contributed by atoms with Gasteiger partial charge in [-0.2, -0.15) is 0 Å². The normalized spacial score (nSPS) is 50.6. The predicted molar refractivity (Wildman–Crippen MR) is 165 cm³/mol. The molecule has 0 radical (unpaired) electrons. The van der Waals surface area contributed by atoms with Gasteiger partial charge in [-0.1, -0.05) is 48.5 Å². The summed E-state index contributed by atoms with van der Waals surface area (Å²) in [5, 5.41) is 0.186. The summed E-state index contributed by atoms with van der Waals surface area (Å²) in [5.74, 6) is 1.14. The highest BCUT2D eigenvalue weighted by molar-refractivity contribution is 6.74. The molecule has 0 aromatic rings. The molecule has 6 rings (SSSR count). The van der Waals surface area contributed by atoms with Gasteiger partial charge in [-0.15, -0.1) is 0 Å². The molecule has 2 saturated heterocycles. The molecule has 2 aliphatic heterocycles. The van der Waals surface area contributed by atoms with Crippen LogP contribution in [-0.2, 0) is 28.2 Å². The third-order valence-corrected chi connectivity index (χ3v) is 18.8. The molecule has 6 fully saturated rings. The zero-order valence-corrected chi connectivity index (χ0v) is 29.1. The van der Waals surface area contributed by atoms with Gasteiger partial charge in [0.1, 0.15) is 0 Å². The van der Waals surface area contributed by atoms with Crippen molar-refractivity contribution in [1.29, 1.82) is 0 Å². The Labute approximate surface area is 255 Å². The molecule has 0 aromatic carbocycles. The Morgan fingerprint density at radius 3 is 2.36 bits per heavy atom. The van der Waals surface area contributed by atoms with Crippen molar-refractivity contribution in [2.45, 2.75) is 149 Å². The molecule has 4 aliphatic carbocycles. The van der Waals surface area contributed by atoms with Gasteiger partial charge in [-0.25, -0.2) is 0 Å². The second kappa shape index (κ2) is 10.1. The van der Waals surface area contributed by atoms with Gasteiger partial charge < -0.3 is 18.6 Å². The number of ketones is 1. The van der Waals surface area contributed by atoms with E-state index in [9.17, 15) is 9.59 Å². The maximum atomic E-state index is 14.9. The quantitative estimate of drug-likeness (QED) is 0.245. The minimum absolute atomic E-state index is 0.0484. The Hall–Kier alpha value is -0.763. The minimum Gasteiger partial charge on any atom is -0.454 e. The molecule has 238 valence electrons. The van der Waals surface area contributed by atoms with Crippen LogP contribution in [0.25, 0.3) is 0 Å². The Bertz CT molecular complexity index is 1090. The lowest BCUT2D eigenvalue weighted by Gasteiger charge is -2.62. The number of hydrogen-bond donors (Lipinski definition) is 0. The third-order valence-electron chi connectivity index (χ3n) is 14.3. The summed E-state index contributed by atoms with van der Waals surface area (Å²) in [6, 6.07) is 0. The van der Waals surface area contributed by atoms with Gasteiger partial charge in [0.25, 0.3) is 0 Å². The average Bonchev–Trinajstić information content (AvgIpc) is 3.33. The maximum absolute atomic E-state index is 14.9. The lowest BCUT2D eigenvalue weighted by molar-refractivity contribution is -0.273. The fourth-order valence-corrected chi connectivity index (χ4v) is 12.4. The van der Waals surface area contributed by atoms with Crippen LogP contribution in [0, 0.1) is 52.3 Å². The fourth-order valence-electron chi connectivity index (χ4n) is 11.0. The van der Waals surface area contributed by atoms with E-state index in [2.05, 4.69) is 61.6 Å². The van der Waals surface area contributed by atoms with Crippen molar-refractivity contribution in [3.05, 3.63) is 0 Å². The van der Waals surface area contributed by atoms with E-state index in [4.69, 9.17) is 18.6 Å². The minimum atomic E-state index is -1.87. The molecule has 0 N–H and O–H groups in total. The summed E-state index contributed by atoms with van der Waals surface area (Å²) in [6.45, 7) is 23.0. The first-order valence-electron chi connectivity index (χ1n) is 17.1. The molecule has 0 unspecified atom stereocenters. The zero-order valence-electron chi connectivity index (χ0n) is 28.1. The molecular formula is C35H58O6Si. The summed E-state index contributed by atoms with van der Waals surface area (Å²) in [6.07, 6.45) is 7.86. The van der Waals surface area contributed by atoms with Gasteiger partial charge in [0.05, 0.1) is 12.7 Å². The van der Waals surface area contributed by atoms with Crippen LogP contribution in [0.3, 0.4) is 0 Å². The van der Waals surface area contributed by atoms with E-state index in [0.29, 0.717) is 23.7 Å². The predicted octanol–water partition coefficient (Wildman–Crippen LogP) is 7.54. The van der Waals surface area contributed by atoms with Crippen LogP contribution in [0.5, 0.6) is 0 Å². The van der Waals surface area contributed by atoms with E-state index in [1.807, 2.05) is 0 Å². The van der Waals surface area contributed by atoms with E-state index >= 15 is 0 Å². The molecule has 13 atom stereocenters. The smallest absolute Gasteiger partial charge is 0.303 e. The number of hydrogen-bond acceptors (Lipinski definition) is 6. The van der Waals surface area contributed by atoms with Crippen LogP contribution < -0.4 is 0 Å². The molecular weight excluding hydrogens is 544 g/mol. The lowest BCUT2D eigenvalue weighted by atomic mass is 9.43. The van der Waals surface area contributed by atoms with Crippen LogP contribution in [0.2, 0.25) is 18.1 Å². The largest absolute Gasteiger partial charge is 0.454 e. The van der Waals surface area contributed by atoms with Crippen LogP contribution in [0.15, 0.2) is 0 Å². The molecule has 6 nitrogen and oxygen atoms in total. The van der Waals surface area contributed by atoms with Gasteiger partial charge in [0.2, 0.25) is 0 Å². The molecule has 6 aliphatic rings. The monoisotopic (exact) mass is 602 g/mol. The number of esters is 1. The average molecular weight is 603 g/mol. The summed E-state index contributed by atoms with van der Waals surface area (Å²) >= 11 is 0. The van der Waals surface area contributed by atoms with E-state index in [-0.39, 0.29) is 52.2 Å². The molecule has 1 spiro atoms. The molecule has 2 heterocycles. The van der Waals surface area contributed by atoms with Crippen molar-refractivity contribution in [3.63, 3.8) is 0 Å². The van der Waals surface area contributed by atoms with Crippen LogP contribution in [-0.4, -0.2) is 50.8 Å². The van der Waals surface area contributed by atoms with Gasteiger partial charge in [0.15, 0.2) is 26.0 Å². The topological polar surface area (TPSA) is 71.1 Å². The van der Waals surface area contributed by atoms with Crippen LogP contribution >= 0.6 is 0 Å². The number of fused-ring (bicyclic) bond motifs is 7. The summed E-state index contributed by atoms with van der Waals surface area (Å²) in [4.78, 5) is 27.5. The van der Waals surface area contributed by atoms with Crippen molar-refractivity contribution >= 4 is 20.1 Å². The van der Waals surface area contributed by atoms with Gasteiger partial charge in [-0.05, 0) is 92.2 Å². The molecule has 0 aromatic heterocycles. The van der Waals surface area contributed by atoms with Crippen LogP contribution in [0.1, 0.15) is 107 Å². The summed E-state index contributed by atoms with van der Waals surface area (Å²) in [5.41, 5.74) is -0.517. The van der Waals surface area contributed by atoms with Crippen molar-refractivity contribution in [2.75, 3.05) is 6.61 Å². The standard InChI is InChI=1S/C35H58O6Si/c1-20-13-16-35(38-19-20)21(2)28-27(40-35)18-26-25-12-11-23-17-24(41-42(9,10)32(4,5)6)14-15-33(23,7)29(25)30(37)31(34(26,28)8)39-22(3)36/h20-21,23-29,31H,11-19H2,1-10H3/t20-,21+,23+,24+,25+,26+,27+,28+,29-,31-,33+,34+,35-/m1/s1. The highest BCUT2D eigenvalue weighted by Gasteiger charge is 2.74. The van der Waals surface area contributed by atoms with Crippen molar-refractivity contribution in [1.82, 2.24) is 0 Å². The van der Waals surface area contributed by atoms with Crippen molar-refractivity contribution < 1.29 is 28.2 Å². The first kappa shape index (κ1) is 31.2. The Balaban J connectivity index is 1.29. The van der Waals surface area contributed by atoms with E-state index in [1.165, 1.54) is 6.92 Å². The third kappa shape index (κ3) is 4.47. The molecule has 42 heavy (non-hydrogen) atoms. The summed E-state index contributed by atoms with van der Waals surface area (Å²) in [7, 11) is -1.87. The molecule has 4 saturated carbocycles. The Kier molecular flexibility index (Phi) is 7.52. The Morgan fingerprint density at radius 2 is 1.74 bits per heavy atom. The number of rotatable bonds is 3. The first-order valence-corrected chi connectivity index (χ1v) is 20.1. The van der Waals surface area contributed by atoms with Gasteiger partial charge >= 0.3 is 5.97 Å². The highest BCUT2D eigenvalue weighted by Crippen LogP contribution is 2.71. The Morgan fingerprint density at radius 1 is 1.02 bits per heavy atom. The van der Waals surface area contributed by atoms with E-state index in [1.54, 1.807) is 0 Å². The second-order valence-corrected chi connectivity index (χ2v) is 22.3. The van der Waals surface area contributed by atoms with Gasteiger partial charge in [0, 0.05) is 42.6 Å².